The van der Waals surface area contributed by atoms with Crippen LogP contribution in [0.15, 0.2) is 19.7 Å². The van der Waals surface area contributed by atoms with Gasteiger partial charge in [0.15, 0.2) is 0 Å². The smallest absolute Gasteiger partial charge is 0.340 e. The summed E-state index contributed by atoms with van der Waals surface area (Å²) >= 11 is 0. The molecule has 0 aliphatic carbocycles. The van der Waals surface area contributed by atoms with E-state index in [9.17, 15) is 9.59 Å². The second-order valence-electron chi connectivity index (χ2n) is 7.76. The fourth-order valence-electron chi connectivity index (χ4n) is 3.56. The van der Waals surface area contributed by atoms with Crippen LogP contribution in [0.2, 0.25) is 0 Å². The molecule has 0 aliphatic heterocycles. The van der Waals surface area contributed by atoms with Crippen molar-refractivity contribution in [3.63, 3.8) is 0 Å². The Morgan fingerprint density at radius 1 is 1.07 bits per heavy atom. The Labute approximate surface area is 158 Å². The molecule has 2 aromatic heterocycles. The monoisotopic (exact) mass is 369 g/mol. The number of carbonyl (C=O) groups is 1. The Balaban J connectivity index is 2.08. The maximum atomic E-state index is 12.5. The van der Waals surface area contributed by atoms with Gasteiger partial charge in [-0.15, -0.1) is 0 Å². The van der Waals surface area contributed by atoms with Gasteiger partial charge in [-0.25, -0.2) is 4.79 Å². The Bertz CT molecular complexity index is 1090. The van der Waals surface area contributed by atoms with Crippen molar-refractivity contribution in [3.05, 3.63) is 44.5 Å². The number of nitrogens with one attached hydrogen (secondary N) is 1. The van der Waals surface area contributed by atoms with Crippen LogP contribution in [0.4, 0.5) is 0 Å². The van der Waals surface area contributed by atoms with Crippen LogP contribution in [-0.2, 0) is 11.2 Å². The highest BCUT2D eigenvalue weighted by Gasteiger charge is 2.21. The molecule has 0 saturated carbocycles. The summed E-state index contributed by atoms with van der Waals surface area (Å²) in [6.45, 7) is 12.6. The summed E-state index contributed by atoms with van der Waals surface area (Å²) in [5.74, 6) is 1.19. The highest BCUT2D eigenvalue weighted by molar-refractivity contribution is 6.07. The SMILES string of the molecule is Cc1oc2c(c(C)cc3oc(=O)c(CC(=O)NCCC(C)C)c(C)c32)c1C. The first kappa shape index (κ1) is 19.2. The lowest BCUT2D eigenvalue weighted by Gasteiger charge is -2.10. The van der Waals surface area contributed by atoms with E-state index in [1.165, 1.54) is 0 Å². The molecule has 0 aliphatic rings. The molecule has 27 heavy (non-hydrogen) atoms. The maximum Gasteiger partial charge on any atom is 0.340 e. The zero-order chi connectivity index (χ0) is 19.9. The van der Waals surface area contributed by atoms with Gasteiger partial charge in [-0.3, -0.25) is 4.79 Å². The Morgan fingerprint density at radius 2 is 1.78 bits per heavy atom. The highest BCUT2D eigenvalue weighted by Crippen LogP contribution is 2.35. The second kappa shape index (κ2) is 7.22. The minimum atomic E-state index is -0.460. The average Bonchev–Trinajstić information content (AvgIpc) is 2.86. The molecule has 0 radical (unpaired) electrons. The Morgan fingerprint density at radius 3 is 2.44 bits per heavy atom. The first-order valence-corrected chi connectivity index (χ1v) is 9.43. The molecule has 3 aromatic rings. The van der Waals surface area contributed by atoms with Crippen molar-refractivity contribution < 1.29 is 13.6 Å². The fraction of sp³-hybridized carbons (Fsp3) is 0.455. The number of hydrogen-bond donors (Lipinski definition) is 1. The molecule has 0 fully saturated rings. The molecule has 0 saturated heterocycles. The first-order chi connectivity index (χ1) is 12.7. The Kier molecular flexibility index (Phi) is 5.13. The number of fused-ring (bicyclic) bond motifs is 3. The second-order valence-corrected chi connectivity index (χ2v) is 7.76. The van der Waals surface area contributed by atoms with Gasteiger partial charge in [0.25, 0.3) is 0 Å². The van der Waals surface area contributed by atoms with E-state index in [1.807, 2.05) is 33.8 Å². The summed E-state index contributed by atoms with van der Waals surface area (Å²) in [5.41, 5.74) is 4.00. The molecule has 1 amide bonds. The predicted molar refractivity (Wildman–Crippen MR) is 107 cm³/mol. The van der Waals surface area contributed by atoms with Crippen molar-refractivity contribution in [2.24, 2.45) is 5.92 Å². The topological polar surface area (TPSA) is 72.5 Å². The van der Waals surface area contributed by atoms with Gasteiger partial charge in [-0.1, -0.05) is 13.8 Å². The standard InChI is InChI=1S/C22H27NO4/c1-11(2)7-8-23-18(24)10-16-14(5)20-17(27-22(16)25)9-12(3)19-13(4)15(6)26-21(19)20/h9,11H,7-8,10H2,1-6H3,(H,23,24). The number of carbonyl (C=O) groups excluding carboxylic acids is 1. The van der Waals surface area contributed by atoms with Crippen LogP contribution < -0.4 is 10.9 Å². The molecule has 2 heterocycles. The molecular weight excluding hydrogens is 342 g/mol. The summed E-state index contributed by atoms with van der Waals surface area (Å²) in [7, 11) is 0. The zero-order valence-electron chi connectivity index (χ0n) is 16.9. The van der Waals surface area contributed by atoms with Crippen LogP contribution >= 0.6 is 0 Å². The zero-order valence-corrected chi connectivity index (χ0v) is 16.9. The highest BCUT2D eigenvalue weighted by atomic mass is 16.4. The summed E-state index contributed by atoms with van der Waals surface area (Å²) in [6, 6.07) is 1.88. The van der Waals surface area contributed by atoms with Crippen LogP contribution in [0.25, 0.3) is 21.9 Å². The third kappa shape index (κ3) is 3.51. The number of hydrogen-bond acceptors (Lipinski definition) is 4. The lowest BCUT2D eigenvalue weighted by Crippen LogP contribution is -2.29. The van der Waals surface area contributed by atoms with Gasteiger partial charge in [-0.05, 0) is 62.8 Å². The molecule has 5 heteroatoms. The van der Waals surface area contributed by atoms with Crippen LogP contribution in [0, 0.1) is 33.6 Å². The Hall–Kier alpha value is -2.56. The van der Waals surface area contributed by atoms with Gasteiger partial charge in [-0.2, -0.15) is 0 Å². The van der Waals surface area contributed by atoms with Crippen molar-refractivity contribution >= 4 is 27.8 Å². The van der Waals surface area contributed by atoms with E-state index in [1.54, 1.807) is 0 Å². The molecule has 0 unspecified atom stereocenters. The predicted octanol–water partition coefficient (Wildman–Crippen LogP) is 4.48. The van der Waals surface area contributed by atoms with Crippen LogP contribution in [0.3, 0.4) is 0 Å². The molecule has 144 valence electrons. The summed E-state index contributed by atoms with van der Waals surface area (Å²) in [4.78, 5) is 24.8. The van der Waals surface area contributed by atoms with Crippen molar-refractivity contribution in [2.75, 3.05) is 6.54 Å². The van der Waals surface area contributed by atoms with E-state index in [4.69, 9.17) is 8.83 Å². The van der Waals surface area contributed by atoms with Crippen LogP contribution in [0.5, 0.6) is 0 Å². The van der Waals surface area contributed by atoms with Gasteiger partial charge in [0.05, 0.1) is 17.4 Å². The normalized spacial score (nSPS) is 11.7. The van der Waals surface area contributed by atoms with E-state index >= 15 is 0 Å². The van der Waals surface area contributed by atoms with E-state index < -0.39 is 5.63 Å². The summed E-state index contributed by atoms with van der Waals surface area (Å²) in [6.07, 6.45) is 0.915. The largest absolute Gasteiger partial charge is 0.460 e. The minimum Gasteiger partial charge on any atom is -0.460 e. The summed E-state index contributed by atoms with van der Waals surface area (Å²) in [5, 5.41) is 4.70. The quantitative estimate of drug-likeness (QED) is 0.673. The molecule has 0 bridgehead atoms. The lowest BCUT2D eigenvalue weighted by molar-refractivity contribution is -0.120. The molecular formula is C22H27NO4. The van der Waals surface area contributed by atoms with Crippen LogP contribution in [-0.4, -0.2) is 12.5 Å². The van der Waals surface area contributed by atoms with Gasteiger partial charge in [0, 0.05) is 11.9 Å². The van der Waals surface area contributed by atoms with E-state index in [-0.39, 0.29) is 12.3 Å². The van der Waals surface area contributed by atoms with Gasteiger partial charge in [0.2, 0.25) is 5.91 Å². The molecule has 3 rings (SSSR count). The lowest BCUT2D eigenvalue weighted by atomic mass is 9.98. The third-order valence-electron chi connectivity index (χ3n) is 5.26. The molecule has 5 nitrogen and oxygen atoms in total. The third-order valence-corrected chi connectivity index (χ3v) is 5.26. The number of benzene rings is 1. The molecule has 1 aromatic carbocycles. The van der Waals surface area contributed by atoms with Gasteiger partial charge in [0.1, 0.15) is 16.9 Å². The fourth-order valence-corrected chi connectivity index (χ4v) is 3.56. The minimum absolute atomic E-state index is 0.0102. The van der Waals surface area contributed by atoms with Gasteiger partial charge >= 0.3 is 5.63 Å². The maximum absolute atomic E-state index is 12.5. The first-order valence-electron chi connectivity index (χ1n) is 9.43. The van der Waals surface area contributed by atoms with E-state index in [0.29, 0.717) is 23.6 Å². The van der Waals surface area contributed by atoms with Gasteiger partial charge < -0.3 is 14.2 Å². The van der Waals surface area contributed by atoms with Crippen molar-refractivity contribution in [2.45, 2.75) is 54.4 Å². The summed E-state index contributed by atoms with van der Waals surface area (Å²) < 4.78 is 11.6. The van der Waals surface area contributed by atoms with E-state index in [0.717, 1.165) is 45.2 Å². The van der Waals surface area contributed by atoms with E-state index in [2.05, 4.69) is 19.2 Å². The molecule has 1 N–H and O–H groups in total. The number of amides is 1. The van der Waals surface area contributed by atoms with Crippen LogP contribution in [0.1, 0.15) is 48.3 Å². The van der Waals surface area contributed by atoms with Crippen molar-refractivity contribution in [1.29, 1.82) is 0 Å². The van der Waals surface area contributed by atoms with Crippen molar-refractivity contribution in [3.8, 4) is 0 Å². The number of aryl methyl sites for hydroxylation is 4. The van der Waals surface area contributed by atoms with Crippen molar-refractivity contribution in [1.82, 2.24) is 5.32 Å². The average molecular weight is 369 g/mol. The number of rotatable bonds is 5. The molecule has 0 atom stereocenters. The number of furan rings is 1. The molecule has 0 spiro atoms.